The van der Waals surface area contributed by atoms with Gasteiger partial charge in [0.15, 0.2) is 0 Å². The fourth-order valence-corrected chi connectivity index (χ4v) is 3.89. The molecule has 0 radical (unpaired) electrons. The standard InChI is InChI=1S/C26H22F3N3O3/c1-35-20-10-7-18(8-11-20)16-32(15-17-5-3-2-4-6-17)24-21-12-9-19(26(27,28)29)13-23(21)30-14-22(24)25(33)31-34/h2-14,34H,15-16H2,1H3,(H,31,33). The Morgan fingerprint density at radius 2 is 1.66 bits per heavy atom. The van der Waals surface area contributed by atoms with Crippen molar-refractivity contribution in [2.24, 2.45) is 0 Å². The molecular formula is C26H22F3N3O3. The zero-order chi connectivity index (χ0) is 25.0. The van der Waals surface area contributed by atoms with Crippen molar-refractivity contribution in [1.82, 2.24) is 10.5 Å². The van der Waals surface area contributed by atoms with Crippen LogP contribution < -0.4 is 15.1 Å². The van der Waals surface area contributed by atoms with Crippen molar-refractivity contribution in [3.63, 3.8) is 0 Å². The van der Waals surface area contributed by atoms with Gasteiger partial charge in [-0.2, -0.15) is 13.2 Å². The molecular weight excluding hydrogens is 459 g/mol. The minimum atomic E-state index is -4.54. The number of anilines is 1. The van der Waals surface area contributed by atoms with Crippen LogP contribution in [0.15, 0.2) is 79.0 Å². The lowest BCUT2D eigenvalue weighted by Gasteiger charge is -2.28. The summed E-state index contributed by atoms with van der Waals surface area (Å²) in [5.74, 6) is -0.139. The predicted molar refractivity (Wildman–Crippen MR) is 125 cm³/mol. The molecule has 0 unspecified atom stereocenters. The number of alkyl halides is 3. The Balaban J connectivity index is 1.89. The lowest BCUT2D eigenvalue weighted by atomic mass is 10.0. The topological polar surface area (TPSA) is 74.7 Å². The van der Waals surface area contributed by atoms with Crippen LogP contribution in [0.5, 0.6) is 5.75 Å². The predicted octanol–water partition coefficient (Wildman–Crippen LogP) is 5.59. The summed E-state index contributed by atoms with van der Waals surface area (Å²) in [6, 6.07) is 20.0. The molecule has 0 aliphatic carbocycles. The number of fused-ring (bicyclic) bond motifs is 1. The molecule has 0 aliphatic heterocycles. The number of benzene rings is 3. The summed E-state index contributed by atoms with van der Waals surface area (Å²) in [6.45, 7) is 0.670. The summed E-state index contributed by atoms with van der Waals surface area (Å²) >= 11 is 0. The molecule has 180 valence electrons. The van der Waals surface area contributed by atoms with Gasteiger partial charge in [-0.3, -0.25) is 15.0 Å². The lowest BCUT2D eigenvalue weighted by molar-refractivity contribution is -0.137. The number of hydrogen-bond donors (Lipinski definition) is 2. The molecule has 2 N–H and O–H groups in total. The maximum atomic E-state index is 13.3. The molecule has 0 spiro atoms. The maximum Gasteiger partial charge on any atom is 0.416 e. The zero-order valence-corrected chi connectivity index (χ0v) is 18.7. The monoisotopic (exact) mass is 481 g/mol. The van der Waals surface area contributed by atoms with Crippen LogP contribution in [0.4, 0.5) is 18.9 Å². The van der Waals surface area contributed by atoms with E-state index < -0.39 is 17.6 Å². The molecule has 35 heavy (non-hydrogen) atoms. The van der Waals surface area contributed by atoms with Gasteiger partial charge in [0.25, 0.3) is 5.91 Å². The van der Waals surface area contributed by atoms with Crippen LogP contribution in [0.1, 0.15) is 27.0 Å². The van der Waals surface area contributed by atoms with Gasteiger partial charge >= 0.3 is 6.18 Å². The number of amides is 1. The van der Waals surface area contributed by atoms with Crippen molar-refractivity contribution in [3.8, 4) is 5.75 Å². The number of rotatable bonds is 7. The normalized spacial score (nSPS) is 11.3. The number of halogens is 3. The van der Waals surface area contributed by atoms with Gasteiger partial charge in [-0.05, 0) is 35.4 Å². The molecule has 4 rings (SSSR count). The van der Waals surface area contributed by atoms with Crippen molar-refractivity contribution in [1.29, 1.82) is 0 Å². The van der Waals surface area contributed by atoms with Crippen LogP contribution in [0.2, 0.25) is 0 Å². The van der Waals surface area contributed by atoms with E-state index in [0.29, 0.717) is 29.9 Å². The highest BCUT2D eigenvalue weighted by Crippen LogP contribution is 2.36. The van der Waals surface area contributed by atoms with Crippen LogP contribution >= 0.6 is 0 Å². The van der Waals surface area contributed by atoms with Gasteiger partial charge < -0.3 is 9.64 Å². The van der Waals surface area contributed by atoms with Crippen molar-refractivity contribution in [3.05, 3.63) is 101 Å². The van der Waals surface area contributed by atoms with E-state index in [2.05, 4.69) is 4.98 Å². The van der Waals surface area contributed by atoms with E-state index in [9.17, 15) is 23.2 Å². The van der Waals surface area contributed by atoms with Crippen LogP contribution in [0, 0.1) is 0 Å². The van der Waals surface area contributed by atoms with Crippen LogP contribution in [0.3, 0.4) is 0 Å². The number of nitrogens with one attached hydrogen (secondary N) is 1. The van der Waals surface area contributed by atoms with Gasteiger partial charge in [-0.15, -0.1) is 0 Å². The summed E-state index contributed by atoms with van der Waals surface area (Å²) in [7, 11) is 1.56. The molecule has 0 saturated carbocycles. The smallest absolute Gasteiger partial charge is 0.416 e. The number of ether oxygens (including phenoxy) is 1. The second-order valence-corrected chi connectivity index (χ2v) is 7.88. The molecule has 3 aromatic carbocycles. The number of nitrogens with zero attached hydrogens (tertiary/aromatic N) is 2. The van der Waals surface area contributed by atoms with Gasteiger partial charge in [0, 0.05) is 24.7 Å². The zero-order valence-electron chi connectivity index (χ0n) is 18.7. The first-order chi connectivity index (χ1) is 16.8. The molecule has 0 atom stereocenters. The Labute approximate surface area is 199 Å². The van der Waals surface area contributed by atoms with Gasteiger partial charge in [-0.1, -0.05) is 48.5 Å². The second kappa shape index (κ2) is 10.0. The lowest BCUT2D eigenvalue weighted by Crippen LogP contribution is -2.28. The average Bonchev–Trinajstić information content (AvgIpc) is 2.87. The summed E-state index contributed by atoms with van der Waals surface area (Å²) in [5, 5.41) is 9.70. The summed E-state index contributed by atoms with van der Waals surface area (Å²) in [5.41, 5.74) is 3.05. The van der Waals surface area contributed by atoms with Crippen LogP contribution in [0.25, 0.3) is 10.9 Å². The van der Waals surface area contributed by atoms with E-state index in [1.165, 1.54) is 12.3 Å². The third-order valence-corrected chi connectivity index (χ3v) is 5.58. The van der Waals surface area contributed by atoms with E-state index in [1.807, 2.05) is 47.4 Å². The molecule has 1 amide bonds. The van der Waals surface area contributed by atoms with Gasteiger partial charge in [0.05, 0.1) is 29.4 Å². The van der Waals surface area contributed by atoms with Crippen molar-refractivity contribution >= 4 is 22.5 Å². The first-order valence-electron chi connectivity index (χ1n) is 10.7. The molecule has 0 bridgehead atoms. The van der Waals surface area contributed by atoms with Crippen molar-refractivity contribution < 1.29 is 27.9 Å². The number of hydroxylamine groups is 1. The number of hydrogen-bond acceptors (Lipinski definition) is 5. The molecule has 0 aliphatic rings. The second-order valence-electron chi connectivity index (χ2n) is 7.88. The molecule has 1 heterocycles. The van der Waals surface area contributed by atoms with E-state index in [1.54, 1.807) is 24.7 Å². The van der Waals surface area contributed by atoms with Crippen molar-refractivity contribution in [2.75, 3.05) is 12.0 Å². The quantitative estimate of drug-likeness (QED) is 0.266. The fourth-order valence-electron chi connectivity index (χ4n) is 3.89. The Hall–Kier alpha value is -4.11. The summed E-state index contributed by atoms with van der Waals surface area (Å²) < 4.78 is 45.2. The number of methoxy groups -OCH3 is 1. The third-order valence-electron chi connectivity index (χ3n) is 5.58. The number of carbonyl (C=O) groups is 1. The largest absolute Gasteiger partial charge is 0.497 e. The van der Waals surface area contributed by atoms with Gasteiger partial charge in [0.2, 0.25) is 0 Å². The van der Waals surface area contributed by atoms with E-state index in [-0.39, 0.29) is 11.1 Å². The number of aromatic nitrogens is 1. The summed E-state index contributed by atoms with van der Waals surface area (Å²) in [4.78, 5) is 18.5. The molecule has 9 heteroatoms. The van der Waals surface area contributed by atoms with Gasteiger partial charge in [0.1, 0.15) is 5.75 Å². The molecule has 6 nitrogen and oxygen atoms in total. The minimum Gasteiger partial charge on any atom is -0.497 e. The average molecular weight is 481 g/mol. The summed E-state index contributed by atoms with van der Waals surface area (Å²) in [6.07, 6.45) is -3.36. The molecule has 0 fully saturated rings. The molecule has 0 saturated heterocycles. The maximum absolute atomic E-state index is 13.3. The number of carbonyl (C=O) groups excluding carboxylic acids is 1. The number of pyridine rings is 1. The minimum absolute atomic E-state index is 0.0317. The molecule has 4 aromatic rings. The first-order valence-corrected chi connectivity index (χ1v) is 10.7. The highest BCUT2D eigenvalue weighted by molar-refractivity contribution is 6.07. The van der Waals surface area contributed by atoms with E-state index >= 15 is 0 Å². The third kappa shape index (κ3) is 5.36. The van der Waals surface area contributed by atoms with E-state index in [4.69, 9.17) is 4.74 Å². The first kappa shape index (κ1) is 24.0. The highest BCUT2D eigenvalue weighted by atomic mass is 19.4. The fraction of sp³-hybridized carbons (Fsp3) is 0.154. The van der Waals surface area contributed by atoms with Crippen LogP contribution in [-0.4, -0.2) is 23.2 Å². The molecule has 1 aromatic heterocycles. The van der Waals surface area contributed by atoms with Crippen LogP contribution in [-0.2, 0) is 19.3 Å². The Bertz CT molecular complexity index is 1330. The van der Waals surface area contributed by atoms with E-state index in [0.717, 1.165) is 23.3 Å². The highest BCUT2D eigenvalue weighted by Gasteiger charge is 2.31. The van der Waals surface area contributed by atoms with Gasteiger partial charge in [-0.25, -0.2) is 5.48 Å². The Kier molecular flexibility index (Phi) is 6.88. The Morgan fingerprint density at radius 3 is 2.26 bits per heavy atom. The van der Waals surface area contributed by atoms with Crippen molar-refractivity contribution in [2.45, 2.75) is 19.3 Å². The SMILES string of the molecule is COc1ccc(CN(Cc2ccccc2)c2c(C(=O)NO)cnc3cc(C(F)(F)F)ccc23)cc1. The Morgan fingerprint density at radius 1 is 1.00 bits per heavy atom.